The van der Waals surface area contributed by atoms with E-state index in [0.717, 1.165) is 96.4 Å². The minimum Gasteiger partial charge on any atom is -0.453 e. The number of nitriles is 2. The highest BCUT2D eigenvalue weighted by atomic mass is 16.5. The molecule has 9 heteroatoms. The van der Waals surface area contributed by atoms with E-state index in [0.29, 0.717) is 22.5 Å². The summed E-state index contributed by atoms with van der Waals surface area (Å²) in [6, 6.07) is 64.5. The third-order valence-corrected chi connectivity index (χ3v) is 12.7. The Kier molecular flexibility index (Phi) is 7.45. The molecule has 9 nitrogen and oxygen atoms in total. The maximum absolute atomic E-state index is 10.5. The first-order chi connectivity index (χ1) is 31.6. The number of ether oxygens (including phenoxy) is 2. The minimum atomic E-state index is -1.14. The van der Waals surface area contributed by atoms with Gasteiger partial charge in [-0.05, 0) is 120 Å². The van der Waals surface area contributed by atoms with Gasteiger partial charge in [-0.25, -0.2) is 0 Å². The van der Waals surface area contributed by atoms with Gasteiger partial charge in [0.05, 0.1) is 62.1 Å². The second-order valence-electron chi connectivity index (χ2n) is 16.0. The Morgan fingerprint density at radius 3 is 1.16 bits per heavy atom. The number of pyridine rings is 2. The molecule has 5 heterocycles. The van der Waals surface area contributed by atoms with Crippen LogP contribution in [0, 0.1) is 22.7 Å². The van der Waals surface area contributed by atoms with Crippen molar-refractivity contribution in [3.8, 4) is 46.5 Å². The number of hydrogen-bond donors (Lipinski definition) is 0. The maximum atomic E-state index is 10.5. The SMILES string of the molecule is N#Cc1cnc2c(c1)C1(c3cc(N4c5ccccc5Oc5ccccc54)ccc3N(c3ccccc3)c3ccc(N4c5ccccc5Oc5ccccc54)cc31)c1cc(C#N)cnc1-2. The second-order valence-corrected chi connectivity index (χ2v) is 16.0. The summed E-state index contributed by atoms with van der Waals surface area (Å²) in [5.41, 5.74) is 12.7. The molecule has 0 amide bonds. The summed E-state index contributed by atoms with van der Waals surface area (Å²) in [6.45, 7) is 0. The van der Waals surface area contributed by atoms with Crippen molar-refractivity contribution in [1.82, 2.24) is 9.97 Å². The fraction of sp³-hybridized carbons (Fsp3) is 0.0182. The molecular formula is C55H31N7O2. The van der Waals surface area contributed by atoms with Crippen molar-refractivity contribution in [3.63, 3.8) is 0 Å². The third-order valence-electron chi connectivity index (χ3n) is 12.7. The van der Waals surface area contributed by atoms with Gasteiger partial charge in [0.1, 0.15) is 12.1 Å². The molecule has 64 heavy (non-hydrogen) atoms. The summed E-state index contributed by atoms with van der Waals surface area (Å²) >= 11 is 0. The Labute approximate surface area is 368 Å². The molecule has 2 aromatic heterocycles. The molecule has 0 atom stereocenters. The molecule has 13 rings (SSSR count). The largest absolute Gasteiger partial charge is 0.453 e. The van der Waals surface area contributed by atoms with Gasteiger partial charge in [-0.1, -0.05) is 66.7 Å². The molecule has 1 aliphatic carbocycles. The Bertz CT molecular complexity index is 3230. The Hall–Kier alpha value is -9.18. The molecule has 4 aliphatic rings. The number of rotatable bonds is 3. The topological polar surface area (TPSA) is 102 Å². The van der Waals surface area contributed by atoms with Crippen LogP contribution in [0.2, 0.25) is 0 Å². The molecule has 0 radical (unpaired) electrons. The Balaban J connectivity index is 1.18. The van der Waals surface area contributed by atoms with Gasteiger partial charge in [-0.2, -0.15) is 10.5 Å². The number of hydrogen-bond acceptors (Lipinski definition) is 9. The molecule has 0 fully saturated rings. The number of nitrogens with zero attached hydrogens (tertiary/aromatic N) is 7. The molecule has 298 valence electrons. The van der Waals surface area contributed by atoms with Crippen LogP contribution in [0.4, 0.5) is 51.2 Å². The van der Waals surface area contributed by atoms with Gasteiger partial charge in [-0.3, -0.25) is 9.97 Å². The number of aromatic nitrogens is 2. The van der Waals surface area contributed by atoms with Crippen molar-refractivity contribution in [1.29, 1.82) is 10.5 Å². The second kappa shape index (κ2) is 13.4. The average Bonchev–Trinajstić information content (AvgIpc) is 3.64. The van der Waals surface area contributed by atoms with Crippen molar-refractivity contribution < 1.29 is 9.47 Å². The lowest BCUT2D eigenvalue weighted by atomic mass is 9.64. The molecular weight excluding hydrogens is 791 g/mol. The number of anilines is 9. The van der Waals surface area contributed by atoms with E-state index in [-0.39, 0.29) is 0 Å². The lowest BCUT2D eigenvalue weighted by Gasteiger charge is -2.46. The number of benzene rings is 7. The number of fused-ring (bicyclic) bond motifs is 13. The predicted molar refractivity (Wildman–Crippen MR) is 247 cm³/mol. The van der Waals surface area contributed by atoms with Crippen molar-refractivity contribution in [2.75, 3.05) is 14.7 Å². The van der Waals surface area contributed by atoms with Crippen molar-refractivity contribution >= 4 is 51.2 Å². The first-order valence-electron chi connectivity index (χ1n) is 20.9. The fourth-order valence-corrected chi connectivity index (χ4v) is 10.1. The van der Waals surface area contributed by atoms with Gasteiger partial charge < -0.3 is 24.2 Å². The van der Waals surface area contributed by atoms with E-state index in [4.69, 9.17) is 19.4 Å². The minimum absolute atomic E-state index is 0.416. The quantitative estimate of drug-likeness (QED) is 0.172. The van der Waals surface area contributed by atoms with Gasteiger partial charge in [0.15, 0.2) is 23.0 Å². The summed E-state index contributed by atoms with van der Waals surface area (Å²) in [5.74, 6) is 2.96. The van der Waals surface area contributed by atoms with Gasteiger partial charge in [0.2, 0.25) is 0 Å². The highest BCUT2D eigenvalue weighted by Crippen LogP contribution is 2.65. The summed E-state index contributed by atoms with van der Waals surface area (Å²) in [6.07, 6.45) is 3.22. The van der Waals surface area contributed by atoms with Gasteiger partial charge in [0.25, 0.3) is 0 Å². The summed E-state index contributed by atoms with van der Waals surface area (Å²) in [5, 5.41) is 21.1. The van der Waals surface area contributed by atoms with E-state index in [1.807, 2.05) is 91.0 Å². The fourth-order valence-electron chi connectivity index (χ4n) is 10.1. The Morgan fingerprint density at radius 1 is 0.375 bits per heavy atom. The molecule has 1 spiro atoms. The van der Waals surface area contributed by atoms with Crippen LogP contribution in [0.25, 0.3) is 11.4 Å². The molecule has 0 unspecified atom stereocenters. The Morgan fingerprint density at radius 2 is 0.750 bits per heavy atom. The van der Waals surface area contributed by atoms with E-state index in [9.17, 15) is 10.5 Å². The molecule has 3 aliphatic heterocycles. The molecule has 0 saturated carbocycles. The molecule has 0 bridgehead atoms. The molecule has 0 saturated heterocycles. The van der Waals surface area contributed by atoms with Crippen LogP contribution in [0.5, 0.6) is 23.0 Å². The zero-order valence-electron chi connectivity index (χ0n) is 33.8. The third kappa shape index (κ3) is 4.86. The van der Waals surface area contributed by atoms with Crippen LogP contribution in [0.1, 0.15) is 33.4 Å². The van der Waals surface area contributed by atoms with E-state index in [1.165, 1.54) is 0 Å². The molecule has 9 aromatic rings. The van der Waals surface area contributed by atoms with E-state index >= 15 is 0 Å². The summed E-state index contributed by atoms with van der Waals surface area (Å²) < 4.78 is 13.0. The van der Waals surface area contributed by atoms with Crippen molar-refractivity contribution in [3.05, 3.63) is 222 Å². The highest BCUT2D eigenvalue weighted by molar-refractivity contribution is 5.98. The van der Waals surface area contributed by atoms with Crippen molar-refractivity contribution in [2.45, 2.75) is 5.41 Å². The number of para-hydroxylation sites is 9. The van der Waals surface area contributed by atoms with Crippen LogP contribution in [-0.4, -0.2) is 9.97 Å². The van der Waals surface area contributed by atoms with Crippen molar-refractivity contribution in [2.24, 2.45) is 0 Å². The first kappa shape index (κ1) is 35.6. The van der Waals surface area contributed by atoms with Gasteiger partial charge >= 0.3 is 0 Å². The van der Waals surface area contributed by atoms with Crippen LogP contribution in [0.15, 0.2) is 188 Å². The highest BCUT2D eigenvalue weighted by Gasteiger charge is 2.54. The normalized spacial score (nSPS) is 13.9. The molecule has 0 N–H and O–H groups in total. The van der Waals surface area contributed by atoms with E-state index in [1.54, 1.807) is 12.4 Å². The van der Waals surface area contributed by atoms with Gasteiger partial charge in [-0.15, -0.1) is 0 Å². The van der Waals surface area contributed by atoms with E-state index < -0.39 is 5.41 Å². The first-order valence-corrected chi connectivity index (χ1v) is 20.9. The molecule has 7 aromatic carbocycles. The van der Waals surface area contributed by atoms with E-state index in [2.05, 4.69) is 112 Å². The van der Waals surface area contributed by atoms with Crippen LogP contribution >= 0.6 is 0 Å². The maximum Gasteiger partial charge on any atom is 0.151 e. The monoisotopic (exact) mass is 821 g/mol. The standard InChI is InChI=1S/C55H31N7O2/c56-30-34-26-41-53(58-32-34)54-42(27-35(31-57)33-59-54)55(41)39-28-37(61-45-14-4-8-18-49(45)63-50-19-9-5-15-46(50)61)22-24-43(39)60(36-12-2-1-3-13-36)44-25-23-38(29-40(44)55)62-47-16-6-10-20-51(47)64-52-21-11-7-17-48(52)62/h1-29,32-33H. The zero-order valence-corrected chi connectivity index (χ0v) is 33.8. The summed E-state index contributed by atoms with van der Waals surface area (Å²) in [4.78, 5) is 16.8. The van der Waals surface area contributed by atoms with Crippen LogP contribution in [-0.2, 0) is 5.41 Å². The lowest BCUT2D eigenvalue weighted by Crippen LogP contribution is -2.37. The summed E-state index contributed by atoms with van der Waals surface area (Å²) in [7, 11) is 0. The predicted octanol–water partition coefficient (Wildman–Crippen LogP) is 13.5. The average molecular weight is 822 g/mol. The zero-order chi connectivity index (χ0) is 42.5. The van der Waals surface area contributed by atoms with Crippen LogP contribution < -0.4 is 24.2 Å². The lowest BCUT2D eigenvalue weighted by molar-refractivity contribution is 0.477. The van der Waals surface area contributed by atoms with Crippen LogP contribution in [0.3, 0.4) is 0 Å². The smallest absolute Gasteiger partial charge is 0.151 e. The van der Waals surface area contributed by atoms with Gasteiger partial charge in [0, 0.05) is 40.6 Å².